The number of hydrogen-bond donors (Lipinski definition) is 1. The van der Waals surface area contributed by atoms with Crippen LogP contribution in [0.2, 0.25) is 0 Å². The van der Waals surface area contributed by atoms with Crippen molar-refractivity contribution in [2.24, 2.45) is 0 Å². The molecule has 0 aromatic heterocycles. The molecule has 1 N–H and O–H groups in total. The van der Waals surface area contributed by atoms with Crippen LogP contribution in [0.5, 0.6) is 0 Å². The molecule has 0 bridgehead atoms. The molecule has 0 fully saturated rings. The van der Waals surface area contributed by atoms with Crippen molar-refractivity contribution in [3.8, 4) is 0 Å². The highest BCUT2D eigenvalue weighted by Crippen LogP contribution is 2.37. The highest BCUT2D eigenvalue weighted by Gasteiger charge is 2.57. The summed E-state index contributed by atoms with van der Waals surface area (Å²) in [5, 5.41) is 9.62. The molecule has 1 aliphatic rings. The predicted molar refractivity (Wildman–Crippen MR) is 65.7 cm³/mol. The number of carbonyl (C=O) groups excluding carboxylic acids is 4. The van der Waals surface area contributed by atoms with Gasteiger partial charge in [-0.05, 0) is 20.3 Å². The highest BCUT2D eigenvalue weighted by atomic mass is 16.6. The minimum Gasteiger partial charge on any atom is -0.501 e. The van der Waals surface area contributed by atoms with Gasteiger partial charge in [0.2, 0.25) is 11.4 Å². The summed E-state index contributed by atoms with van der Waals surface area (Å²) >= 11 is 0. The largest absolute Gasteiger partial charge is 0.501 e. The van der Waals surface area contributed by atoms with Crippen LogP contribution in [0, 0.1) is 0 Å². The van der Waals surface area contributed by atoms with E-state index in [1.807, 2.05) is 0 Å². The van der Waals surface area contributed by atoms with Crippen LogP contribution in [0.4, 0.5) is 0 Å². The van der Waals surface area contributed by atoms with Crippen molar-refractivity contribution in [3.63, 3.8) is 0 Å². The first-order chi connectivity index (χ1) is 9.26. The van der Waals surface area contributed by atoms with Crippen LogP contribution < -0.4 is 0 Å². The van der Waals surface area contributed by atoms with Gasteiger partial charge in [0.1, 0.15) is 5.78 Å². The standard InChI is InChI=1S/C13H16O7/c1-4-5-19-12(18)13(6-7(2)14)9(8(3)15)10(16)11(17)20-13/h16H,4-6H2,1-3H3/t13-/m0/s1. The predicted octanol–water partition coefficient (Wildman–Crippen LogP) is 0.615. The van der Waals surface area contributed by atoms with E-state index in [-0.39, 0.29) is 6.61 Å². The first-order valence-electron chi connectivity index (χ1n) is 6.11. The SMILES string of the molecule is CCCOC(=O)[C@@]1(CC(C)=O)OC(=O)C(O)=C1C(C)=O. The number of rotatable bonds is 6. The van der Waals surface area contributed by atoms with Crippen LogP contribution in [0.15, 0.2) is 11.3 Å². The monoisotopic (exact) mass is 284 g/mol. The van der Waals surface area contributed by atoms with Crippen molar-refractivity contribution in [2.45, 2.75) is 39.2 Å². The fraction of sp³-hybridized carbons (Fsp3) is 0.538. The summed E-state index contributed by atoms with van der Waals surface area (Å²) in [6.07, 6.45) is -0.0405. The minimum atomic E-state index is -2.17. The normalized spacial score (nSPS) is 21.6. The topological polar surface area (TPSA) is 107 Å². The molecule has 0 aromatic carbocycles. The van der Waals surface area contributed by atoms with Gasteiger partial charge in [-0.1, -0.05) is 6.92 Å². The van der Waals surface area contributed by atoms with Gasteiger partial charge in [0.05, 0.1) is 18.6 Å². The van der Waals surface area contributed by atoms with Crippen molar-refractivity contribution in [1.82, 2.24) is 0 Å². The van der Waals surface area contributed by atoms with Crippen LogP contribution in [0.1, 0.15) is 33.6 Å². The second-order valence-corrected chi connectivity index (χ2v) is 4.51. The maximum atomic E-state index is 12.1. The minimum absolute atomic E-state index is 0.0436. The Morgan fingerprint density at radius 1 is 1.30 bits per heavy atom. The van der Waals surface area contributed by atoms with E-state index in [0.29, 0.717) is 6.42 Å². The molecule has 7 nitrogen and oxygen atoms in total. The summed E-state index contributed by atoms with van der Waals surface area (Å²) in [5.41, 5.74) is -2.70. The fourth-order valence-corrected chi connectivity index (χ4v) is 2.00. The van der Waals surface area contributed by atoms with Gasteiger partial charge in [-0.25, -0.2) is 9.59 Å². The number of cyclic esters (lactones) is 1. The van der Waals surface area contributed by atoms with Crippen LogP contribution in [-0.4, -0.2) is 40.8 Å². The van der Waals surface area contributed by atoms with Crippen molar-refractivity contribution in [3.05, 3.63) is 11.3 Å². The number of carbonyl (C=O) groups is 4. The molecule has 0 spiro atoms. The summed E-state index contributed by atoms with van der Waals surface area (Å²) in [6, 6.07) is 0. The highest BCUT2D eigenvalue weighted by molar-refractivity contribution is 6.13. The van der Waals surface area contributed by atoms with E-state index >= 15 is 0 Å². The first-order valence-corrected chi connectivity index (χ1v) is 6.11. The molecule has 0 aliphatic carbocycles. The molecule has 0 amide bonds. The van der Waals surface area contributed by atoms with Gasteiger partial charge in [0.15, 0.2) is 5.78 Å². The molecule has 1 heterocycles. The van der Waals surface area contributed by atoms with Crippen LogP contribution >= 0.6 is 0 Å². The summed E-state index contributed by atoms with van der Waals surface area (Å²) in [5.74, 6) is -4.42. The van der Waals surface area contributed by atoms with E-state index in [9.17, 15) is 24.3 Å². The third-order valence-corrected chi connectivity index (χ3v) is 2.72. The van der Waals surface area contributed by atoms with E-state index < -0.39 is 46.9 Å². The molecule has 0 aromatic rings. The Balaban J connectivity index is 3.32. The Hall–Kier alpha value is -2.18. The lowest BCUT2D eigenvalue weighted by molar-refractivity contribution is -0.175. The maximum absolute atomic E-state index is 12.1. The molecule has 0 radical (unpaired) electrons. The number of ketones is 2. The van der Waals surface area contributed by atoms with Crippen molar-refractivity contribution in [2.75, 3.05) is 6.61 Å². The Bertz CT molecular complexity index is 503. The molecule has 20 heavy (non-hydrogen) atoms. The fourth-order valence-electron chi connectivity index (χ4n) is 2.00. The van der Waals surface area contributed by atoms with Gasteiger partial charge in [0.25, 0.3) is 0 Å². The average Bonchev–Trinajstić information content (AvgIpc) is 2.58. The molecular weight excluding hydrogens is 268 g/mol. The number of hydrogen-bond acceptors (Lipinski definition) is 7. The number of aliphatic hydroxyl groups is 1. The van der Waals surface area contributed by atoms with Gasteiger partial charge in [-0.3, -0.25) is 9.59 Å². The summed E-state index contributed by atoms with van der Waals surface area (Å²) in [6.45, 7) is 4.04. The quantitative estimate of drug-likeness (QED) is 0.712. The second kappa shape index (κ2) is 5.85. The van der Waals surface area contributed by atoms with Gasteiger partial charge < -0.3 is 14.6 Å². The molecule has 7 heteroatoms. The van der Waals surface area contributed by atoms with Crippen LogP contribution in [-0.2, 0) is 28.7 Å². The third-order valence-electron chi connectivity index (χ3n) is 2.72. The zero-order chi connectivity index (χ0) is 15.5. The van der Waals surface area contributed by atoms with Crippen molar-refractivity contribution < 1.29 is 33.8 Å². The van der Waals surface area contributed by atoms with Gasteiger partial charge in [0, 0.05) is 0 Å². The summed E-state index contributed by atoms with van der Waals surface area (Å²) in [7, 11) is 0. The number of Topliss-reactive ketones (excluding diaryl/α,β-unsaturated/α-hetero) is 2. The average molecular weight is 284 g/mol. The Kier molecular flexibility index (Phi) is 4.65. The van der Waals surface area contributed by atoms with E-state index in [4.69, 9.17) is 9.47 Å². The Labute approximate surface area is 115 Å². The molecular formula is C13H16O7. The zero-order valence-electron chi connectivity index (χ0n) is 11.5. The smallest absolute Gasteiger partial charge is 0.375 e. The summed E-state index contributed by atoms with van der Waals surface area (Å²) in [4.78, 5) is 46.5. The van der Waals surface area contributed by atoms with Crippen LogP contribution in [0.25, 0.3) is 0 Å². The van der Waals surface area contributed by atoms with E-state index in [1.54, 1.807) is 6.92 Å². The molecule has 0 saturated heterocycles. The van der Waals surface area contributed by atoms with Gasteiger partial charge in [-0.2, -0.15) is 0 Å². The van der Waals surface area contributed by atoms with E-state index in [1.165, 1.54) is 6.92 Å². The van der Waals surface area contributed by atoms with E-state index in [2.05, 4.69) is 0 Å². The lowest BCUT2D eigenvalue weighted by atomic mass is 9.86. The summed E-state index contributed by atoms with van der Waals surface area (Å²) < 4.78 is 9.72. The zero-order valence-corrected chi connectivity index (χ0v) is 11.5. The molecule has 0 saturated carbocycles. The van der Waals surface area contributed by atoms with Gasteiger partial charge >= 0.3 is 11.9 Å². The van der Waals surface area contributed by atoms with Gasteiger partial charge in [-0.15, -0.1) is 0 Å². The molecule has 1 aliphatic heterocycles. The number of esters is 2. The van der Waals surface area contributed by atoms with Crippen molar-refractivity contribution in [1.29, 1.82) is 0 Å². The third kappa shape index (κ3) is 2.71. The Morgan fingerprint density at radius 3 is 2.35 bits per heavy atom. The lowest BCUT2D eigenvalue weighted by Gasteiger charge is -2.26. The maximum Gasteiger partial charge on any atom is 0.375 e. The number of ether oxygens (including phenoxy) is 2. The first kappa shape index (κ1) is 15.9. The van der Waals surface area contributed by atoms with Crippen molar-refractivity contribution >= 4 is 23.5 Å². The molecule has 1 atom stereocenters. The second-order valence-electron chi connectivity index (χ2n) is 4.51. The Morgan fingerprint density at radius 2 is 1.90 bits per heavy atom. The van der Waals surface area contributed by atoms with Crippen LogP contribution in [0.3, 0.4) is 0 Å². The number of aliphatic hydroxyl groups excluding tert-OH is 1. The molecule has 110 valence electrons. The molecule has 1 rings (SSSR count). The lowest BCUT2D eigenvalue weighted by Crippen LogP contribution is -2.46. The molecule has 0 unspecified atom stereocenters. The van der Waals surface area contributed by atoms with E-state index in [0.717, 1.165) is 6.92 Å².